The van der Waals surface area contributed by atoms with Crippen LogP contribution in [0.15, 0.2) is 36.0 Å². The molecule has 1 aliphatic rings. The summed E-state index contributed by atoms with van der Waals surface area (Å²) in [6.45, 7) is 0. The van der Waals surface area contributed by atoms with Gasteiger partial charge in [-0.3, -0.25) is 0 Å². The van der Waals surface area contributed by atoms with Gasteiger partial charge in [0.25, 0.3) is 0 Å². The summed E-state index contributed by atoms with van der Waals surface area (Å²) in [7, 11) is 0. The first kappa shape index (κ1) is 6.81. The summed E-state index contributed by atoms with van der Waals surface area (Å²) < 4.78 is 0. The third-order valence-electron chi connectivity index (χ3n) is 1.20. The van der Waals surface area contributed by atoms with Gasteiger partial charge in [-0.2, -0.15) is 0 Å². The number of hydrogen-bond donors (Lipinski definition) is 0. The molecule has 0 saturated heterocycles. The summed E-state index contributed by atoms with van der Waals surface area (Å²) in [4.78, 5) is 0. The van der Waals surface area contributed by atoms with Crippen molar-refractivity contribution in [3.8, 4) is 0 Å². The van der Waals surface area contributed by atoms with E-state index < -0.39 is 0 Å². The Morgan fingerprint density at radius 1 is 1.44 bits per heavy atom. The normalized spacial score (nSPS) is 17.2. The molecule has 48 valence electrons. The molecule has 0 N–H and O–H groups in total. The van der Waals surface area contributed by atoms with Crippen LogP contribution < -0.4 is 0 Å². The maximum atomic E-state index is 3.39. The third kappa shape index (κ3) is 2.19. The zero-order valence-corrected chi connectivity index (χ0v) is 6.76. The predicted molar refractivity (Wildman–Crippen MR) is 44.8 cm³/mol. The number of hydrogen-bond acceptors (Lipinski definition) is 0. The van der Waals surface area contributed by atoms with Crippen LogP contribution in [0.1, 0.15) is 6.42 Å². The number of rotatable bonds is 1. The number of allylic oxidation sites excluding steroid dienone is 6. The van der Waals surface area contributed by atoms with Gasteiger partial charge >= 0.3 is 0 Å². The lowest BCUT2D eigenvalue weighted by Gasteiger charge is -1.88. The van der Waals surface area contributed by atoms with E-state index in [1.165, 1.54) is 5.57 Å². The van der Waals surface area contributed by atoms with E-state index in [0.717, 1.165) is 11.8 Å². The van der Waals surface area contributed by atoms with Crippen molar-refractivity contribution in [2.75, 3.05) is 5.33 Å². The van der Waals surface area contributed by atoms with Gasteiger partial charge in [0.2, 0.25) is 0 Å². The quantitative estimate of drug-likeness (QED) is 0.551. The Kier molecular flexibility index (Phi) is 2.78. The molecule has 1 heteroatoms. The van der Waals surface area contributed by atoms with Crippen LogP contribution in [0.2, 0.25) is 0 Å². The largest absolute Gasteiger partial charge is 0.0876 e. The monoisotopic (exact) mass is 184 g/mol. The van der Waals surface area contributed by atoms with Gasteiger partial charge in [-0.25, -0.2) is 0 Å². The highest BCUT2D eigenvalue weighted by molar-refractivity contribution is 9.09. The number of halogens is 1. The molecule has 9 heavy (non-hydrogen) atoms. The van der Waals surface area contributed by atoms with Crippen molar-refractivity contribution in [1.82, 2.24) is 0 Å². The minimum Gasteiger partial charge on any atom is -0.0876 e. The van der Waals surface area contributed by atoms with Crippen molar-refractivity contribution in [3.63, 3.8) is 0 Å². The smallest absolute Gasteiger partial charge is 0.0282 e. The zero-order valence-electron chi connectivity index (χ0n) is 5.18. The molecular weight excluding hydrogens is 176 g/mol. The Bertz CT molecular complexity index is 163. The lowest BCUT2D eigenvalue weighted by molar-refractivity contribution is 1.40. The van der Waals surface area contributed by atoms with Crippen molar-refractivity contribution in [2.45, 2.75) is 6.42 Å². The second-order valence-corrected chi connectivity index (χ2v) is 2.50. The van der Waals surface area contributed by atoms with Gasteiger partial charge in [0, 0.05) is 5.33 Å². The maximum absolute atomic E-state index is 3.39. The third-order valence-corrected chi connectivity index (χ3v) is 1.85. The summed E-state index contributed by atoms with van der Waals surface area (Å²) in [5.41, 5.74) is 1.34. The number of alkyl halides is 1. The fourth-order valence-corrected chi connectivity index (χ4v) is 1.09. The fourth-order valence-electron chi connectivity index (χ4n) is 0.713. The minimum atomic E-state index is 0.952. The molecule has 0 saturated carbocycles. The van der Waals surface area contributed by atoms with Crippen molar-refractivity contribution in [1.29, 1.82) is 0 Å². The molecule has 0 aliphatic heterocycles. The Balaban J connectivity index is 2.67. The van der Waals surface area contributed by atoms with Crippen LogP contribution in [0.25, 0.3) is 0 Å². The molecule has 1 aliphatic carbocycles. The molecule has 0 spiro atoms. The Labute approximate surface area is 64.1 Å². The molecule has 0 atom stereocenters. The van der Waals surface area contributed by atoms with Gasteiger partial charge in [0.05, 0.1) is 0 Å². The van der Waals surface area contributed by atoms with Crippen molar-refractivity contribution in [3.05, 3.63) is 36.0 Å². The summed E-state index contributed by atoms with van der Waals surface area (Å²) in [5.74, 6) is 0. The van der Waals surface area contributed by atoms with E-state index in [2.05, 4.69) is 46.3 Å². The van der Waals surface area contributed by atoms with Crippen molar-refractivity contribution < 1.29 is 0 Å². The first-order valence-electron chi connectivity index (χ1n) is 3.01. The highest BCUT2D eigenvalue weighted by Gasteiger charge is 1.87. The van der Waals surface area contributed by atoms with Gasteiger partial charge in [-0.1, -0.05) is 46.3 Å². The summed E-state index contributed by atoms with van der Waals surface area (Å²) >= 11 is 3.39. The van der Waals surface area contributed by atoms with E-state index in [1.54, 1.807) is 0 Å². The van der Waals surface area contributed by atoms with E-state index in [1.807, 2.05) is 0 Å². The van der Waals surface area contributed by atoms with E-state index in [-0.39, 0.29) is 0 Å². The van der Waals surface area contributed by atoms with Crippen LogP contribution in [0.3, 0.4) is 0 Å². The van der Waals surface area contributed by atoms with E-state index in [9.17, 15) is 0 Å². The molecule has 0 aromatic heterocycles. The van der Waals surface area contributed by atoms with Crippen LogP contribution in [0, 0.1) is 0 Å². The summed E-state index contributed by atoms with van der Waals surface area (Å²) in [6.07, 6.45) is 11.7. The lowest BCUT2D eigenvalue weighted by Crippen LogP contribution is -1.74. The molecule has 0 amide bonds. The highest BCUT2D eigenvalue weighted by Crippen LogP contribution is 2.06. The molecule has 0 aromatic rings. The van der Waals surface area contributed by atoms with Crippen LogP contribution in [0.4, 0.5) is 0 Å². The average Bonchev–Trinajstić information content (AvgIpc) is 2.13. The molecule has 0 fully saturated rings. The first-order chi connectivity index (χ1) is 4.43. The van der Waals surface area contributed by atoms with Gasteiger partial charge in [0.1, 0.15) is 0 Å². The summed E-state index contributed by atoms with van der Waals surface area (Å²) in [6, 6.07) is 0. The predicted octanol–water partition coefficient (Wildman–Crippen LogP) is 2.82. The molecule has 0 unspecified atom stereocenters. The maximum Gasteiger partial charge on any atom is 0.0282 e. The second-order valence-electron chi connectivity index (χ2n) is 1.94. The van der Waals surface area contributed by atoms with Gasteiger partial charge in [-0.15, -0.1) is 0 Å². The fraction of sp³-hybridized carbons (Fsp3) is 0.250. The standard InChI is InChI=1S/C8H9Br/c9-7-8-5-3-1-2-4-6-8/h1,3-6H,2,7H2. The summed E-state index contributed by atoms with van der Waals surface area (Å²) in [5, 5.41) is 0.952. The van der Waals surface area contributed by atoms with Crippen molar-refractivity contribution >= 4 is 15.9 Å². The average molecular weight is 185 g/mol. The molecular formula is C8H9Br. The van der Waals surface area contributed by atoms with E-state index >= 15 is 0 Å². The molecule has 0 radical (unpaired) electrons. The Morgan fingerprint density at radius 2 is 2.33 bits per heavy atom. The molecule has 0 aromatic carbocycles. The SMILES string of the molecule is BrCC1=CC=CCC=C1. The Hall–Kier alpha value is -0.300. The molecule has 0 nitrogen and oxygen atoms in total. The Morgan fingerprint density at radius 3 is 3.11 bits per heavy atom. The topological polar surface area (TPSA) is 0 Å². The highest BCUT2D eigenvalue weighted by atomic mass is 79.9. The minimum absolute atomic E-state index is 0.952. The van der Waals surface area contributed by atoms with Crippen LogP contribution in [0.5, 0.6) is 0 Å². The van der Waals surface area contributed by atoms with Crippen molar-refractivity contribution in [2.24, 2.45) is 0 Å². The van der Waals surface area contributed by atoms with E-state index in [0.29, 0.717) is 0 Å². The molecule has 0 bridgehead atoms. The molecule has 0 heterocycles. The van der Waals surface area contributed by atoms with Crippen LogP contribution >= 0.6 is 15.9 Å². The van der Waals surface area contributed by atoms with Gasteiger partial charge < -0.3 is 0 Å². The first-order valence-corrected chi connectivity index (χ1v) is 4.14. The molecule has 1 rings (SSSR count). The van der Waals surface area contributed by atoms with E-state index in [4.69, 9.17) is 0 Å². The zero-order chi connectivity index (χ0) is 6.53. The van der Waals surface area contributed by atoms with Gasteiger partial charge in [-0.05, 0) is 12.0 Å². The van der Waals surface area contributed by atoms with Gasteiger partial charge in [0.15, 0.2) is 0 Å². The lowest BCUT2D eigenvalue weighted by atomic mass is 10.3. The van der Waals surface area contributed by atoms with Crippen LogP contribution in [-0.2, 0) is 0 Å². The van der Waals surface area contributed by atoms with Crippen LogP contribution in [-0.4, -0.2) is 5.33 Å². The second kappa shape index (κ2) is 3.67.